The summed E-state index contributed by atoms with van der Waals surface area (Å²) < 4.78 is 9.18. The average Bonchev–Trinajstić information content (AvgIpc) is 3.39. The smallest absolute Gasteiger partial charge is 0.240 e. The monoisotopic (exact) mass is 407 g/mol. The minimum absolute atomic E-state index is 0.122. The standard InChI is InChI=1S/C21H21N5O2S/c1-12-24-16-8-14(3-4-18(16)29-12)15-9-17-20(26(2)11-23-17)21(25-15)28-6-5-13-7-19(27)22-10-13/h3-4,8-9,11,13H,5-7,10H2,1-2H3,(H,22,27)/t13-/m1/s1. The van der Waals surface area contributed by atoms with Crippen molar-refractivity contribution in [2.75, 3.05) is 13.2 Å². The van der Waals surface area contributed by atoms with Crippen LogP contribution in [0.5, 0.6) is 5.88 Å². The Morgan fingerprint density at radius 1 is 1.28 bits per heavy atom. The third-order valence-electron chi connectivity index (χ3n) is 5.28. The van der Waals surface area contributed by atoms with Gasteiger partial charge >= 0.3 is 0 Å². The van der Waals surface area contributed by atoms with E-state index < -0.39 is 0 Å². The van der Waals surface area contributed by atoms with E-state index in [9.17, 15) is 4.79 Å². The molecule has 0 spiro atoms. The second-order valence-electron chi connectivity index (χ2n) is 7.46. The van der Waals surface area contributed by atoms with Crippen molar-refractivity contribution in [1.29, 1.82) is 0 Å². The fourth-order valence-corrected chi connectivity index (χ4v) is 4.59. The Morgan fingerprint density at radius 3 is 3.00 bits per heavy atom. The van der Waals surface area contributed by atoms with Gasteiger partial charge in [0.2, 0.25) is 11.8 Å². The lowest BCUT2D eigenvalue weighted by Crippen LogP contribution is -2.14. The number of aryl methyl sites for hydroxylation is 2. The van der Waals surface area contributed by atoms with Crippen LogP contribution in [0.2, 0.25) is 0 Å². The number of nitrogens with one attached hydrogen (secondary N) is 1. The fourth-order valence-electron chi connectivity index (χ4n) is 3.78. The summed E-state index contributed by atoms with van der Waals surface area (Å²) in [5.74, 6) is 1.02. The number of benzene rings is 1. The number of thiazole rings is 1. The minimum Gasteiger partial charge on any atom is -0.476 e. The van der Waals surface area contributed by atoms with E-state index in [1.807, 2.05) is 24.6 Å². The van der Waals surface area contributed by atoms with Crippen LogP contribution in [0.3, 0.4) is 0 Å². The lowest BCUT2D eigenvalue weighted by atomic mass is 10.1. The van der Waals surface area contributed by atoms with E-state index in [4.69, 9.17) is 9.72 Å². The van der Waals surface area contributed by atoms with Crippen molar-refractivity contribution in [1.82, 2.24) is 24.8 Å². The predicted octanol–water partition coefficient (Wildman–Crippen LogP) is 3.46. The highest BCUT2D eigenvalue weighted by Crippen LogP contribution is 2.31. The molecule has 29 heavy (non-hydrogen) atoms. The Hall–Kier alpha value is -3.00. The summed E-state index contributed by atoms with van der Waals surface area (Å²) in [5, 5.41) is 3.92. The molecule has 1 amide bonds. The Morgan fingerprint density at radius 2 is 2.17 bits per heavy atom. The van der Waals surface area contributed by atoms with Gasteiger partial charge < -0.3 is 14.6 Å². The van der Waals surface area contributed by atoms with Crippen LogP contribution in [0.25, 0.3) is 32.5 Å². The first-order valence-electron chi connectivity index (χ1n) is 9.66. The molecule has 0 unspecified atom stereocenters. The molecule has 0 saturated carbocycles. The molecule has 3 aromatic heterocycles. The number of imidazole rings is 1. The molecule has 1 saturated heterocycles. The SMILES string of the molecule is Cc1nc2cc(-c3cc4ncn(C)c4c(OCC[C@H]4CNC(=O)C4)n3)ccc2s1. The molecule has 0 radical (unpaired) electrons. The molecule has 0 bridgehead atoms. The van der Waals surface area contributed by atoms with E-state index >= 15 is 0 Å². The molecule has 1 atom stereocenters. The first-order chi connectivity index (χ1) is 14.1. The average molecular weight is 407 g/mol. The first kappa shape index (κ1) is 18.1. The molecule has 1 aliphatic rings. The highest BCUT2D eigenvalue weighted by atomic mass is 32.1. The van der Waals surface area contributed by atoms with Crippen molar-refractivity contribution < 1.29 is 9.53 Å². The summed E-state index contributed by atoms with van der Waals surface area (Å²) in [5.41, 5.74) is 4.51. The van der Waals surface area contributed by atoms with E-state index in [0.717, 1.165) is 45.8 Å². The van der Waals surface area contributed by atoms with Crippen LogP contribution in [-0.4, -0.2) is 38.6 Å². The minimum atomic E-state index is 0.122. The highest BCUT2D eigenvalue weighted by Gasteiger charge is 2.21. The second kappa shape index (κ2) is 7.11. The third kappa shape index (κ3) is 3.44. The van der Waals surface area contributed by atoms with Crippen LogP contribution in [0.1, 0.15) is 17.8 Å². The van der Waals surface area contributed by atoms with Crippen molar-refractivity contribution in [2.24, 2.45) is 13.0 Å². The number of pyridine rings is 1. The van der Waals surface area contributed by atoms with Crippen LogP contribution in [0.15, 0.2) is 30.6 Å². The van der Waals surface area contributed by atoms with Gasteiger partial charge in [-0.05, 0) is 37.5 Å². The number of amides is 1. The molecular weight excluding hydrogens is 386 g/mol. The molecule has 1 N–H and O–H groups in total. The summed E-state index contributed by atoms with van der Waals surface area (Å²) in [7, 11) is 1.94. The van der Waals surface area contributed by atoms with Crippen molar-refractivity contribution in [2.45, 2.75) is 19.8 Å². The van der Waals surface area contributed by atoms with Crippen LogP contribution < -0.4 is 10.1 Å². The van der Waals surface area contributed by atoms with Gasteiger partial charge in [-0.15, -0.1) is 11.3 Å². The van der Waals surface area contributed by atoms with Gasteiger partial charge in [-0.3, -0.25) is 4.79 Å². The van der Waals surface area contributed by atoms with Gasteiger partial charge in [0.05, 0.1) is 39.4 Å². The van der Waals surface area contributed by atoms with E-state index in [1.165, 1.54) is 4.70 Å². The maximum atomic E-state index is 11.4. The predicted molar refractivity (Wildman–Crippen MR) is 113 cm³/mol. The number of ether oxygens (including phenoxy) is 1. The van der Waals surface area contributed by atoms with Gasteiger partial charge in [-0.2, -0.15) is 0 Å². The molecule has 4 aromatic rings. The zero-order chi connectivity index (χ0) is 20.0. The number of aromatic nitrogens is 4. The third-order valence-corrected chi connectivity index (χ3v) is 6.23. The van der Waals surface area contributed by atoms with Gasteiger partial charge in [0, 0.05) is 25.6 Å². The number of carbonyl (C=O) groups is 1. The van der Waals surface area contributed by atoms with E-state index in [2.05, 4.69) is 33.5 Å². The van der Waals surface area contributed by atoms with E-state index in [-0.39, 0.29) is 5.91 Å². The Labute approximate surface area is 171 Å². The molecule has 0 aliphatic carbocycles. The molecular formula is C21H21N5O2S. The topological polar surface area (TPSA) is 81.9 Å². The summed E-state index contributed by atoms with van der Waals surface area (Å²) in [6, 6.07) is 8.21. The summed E-state index contributed by atoms with van der Waals surface area (Å²) in [6.45, 7) is 3.26. The van der Waals surface area contributed by atoms with Crippen molar-refractivity contribution in [3.63, 3.8) is 0 Å². The second-order valence-corrected chi connectivity index (χ2v) is 8.70. The molecule has 7 nitrogen and oxygen atoms in total. The summed E-state index contributed by atoms with van der Waals surface area (Å²) in [4.78, 5) is 25.3. The lowest BCUT2D eigenvalue weighted by molar-refractivity contribution is -0.119. The first-order valence-corrected chi connectivity index (χ1v) is 10.5. The van der Waals surface area contributed by atoms with Crippen LogP contribution in [0.4, 0.5) is 0 Å². The maximum absolute atomic E-state index is 11.4. The normalized spacial score (nSPS) is 16.6. The maximum Gasteiger partial charge on any atom is 0.240 e. The Balaban J connectivity index is 1.47. The van der Waals surface area contributed by atoms with Gasteiger partial charge in [0.1, 0.15) is 5.52 Å². The number of nitrogens with zero attached hydrogens (tertiary/aromatic N) is 4. The Bertz CT molecular complexity index is 1230. The van der Waals surface area contributed by atoms with Crippen LogP contribution >= 0.6 is 11.3 Å². The lowest BCUT2D eigenvalue weighted by Gasteiger charge is -2.12. The molecule has 1 aliphatic heterocycles. The van der Waals surface area contributed by atoms with Gasteiger partial charge in [-0.1, -0.05) is 6.07 Å². The van der Waals surface area contributed by atoms with Gasteiger partial charge in [0.25, 0.3) is 0 Å². The van der Waals surface area contributed by atoms with Crippen molar-refractivity contribution >= 4 is 38.5 Å². The largest absolute Gasteiger partial charge is 0.476 e. The number of carbonyl (C=O) groups excluding carboxylic acids is 1. The van der Waals surface area contributed by atoms with Crippen molar-refractivity contribution in [3.05, 3.63) is 35.6 Å². The highest BCUT2D eigenvalue weighted by molar-refractivity contribution is 7.18. The quantitative estimate of drug-likeness (QED) is 0.548. The number of hydrogen-bond donors (Lipinski definition) is 1. The molecule has 1 aromatic carbocycles. The summed E-state index contributed by atoms with van der Waals surface area (Å²) >= 11 is 1.69. The zero-order valence-corrected chi connectivity index (χ0v) is 17.1. The van der Waals surface area contributed by atoms with Crippen LogP contribution in [0, 0.1) is 12.8 Å². The van der Waals surface area contributed by atoms with Crippen molar-refractivity contribution in [3.8, 4) is 17.1 Å². The molecule has 1 fully saturated rings. The fraction of sp³-hybridized carbons (Fsp3) is 0.333. The molecule has 4 heterocycles. The van der Waals surface area contributed by atoms with Gasteiger partial charge in [0.15, 0.2) is 0 Å². The zero-order valence-electron chi connectivity index (χ0n) is 16.3. The Kier molecular flexibility index (Phi) is 4.43. The van der Waals surface area contributed by atoms with E-state index in [1.54, 1.807) is 17.7 Å². The number of fused-ring (bicyclic) bond motifs is 2. The van der Waals surface area contributed by atoms with Crippen LogP contribution in [-0.2, 0) is 11.8 Å². The van der Waals surface area contributed by atoms with E-state index in [0.29, 0.717) is 24.8 Å². The number of hydrogen-bond acceptors (Lipinski definition) is 6. The molecule has 5 rings (SSSR count). The molecule has 8 heteroatoms. The number of rotatable bonds is 5. The van der Waals surface area contributed by atoms with Gasteiger partial charge in [-0.25, -0.2) is 15.0 Å². The summed E-state index contributed by atoms with van der Waals surface area (Å²) in [6.07, 6.45) is 3.16. The molecule has 148 valence electrons.